The van der Waals surface area contributed by atoms with Gasteiger partial charge in [-0.25, -0.2) is 13.8 Å². The van der Waals surface area contributed by atoms with Crippen LogP contribution in [0.3, 0.4) is 0 Å². The van der Waals surface area contributed by atoms with Gasteiger partial charge >= 0.3 is 0 Å². The van der Waals surface area contributed by atoms with Crippen molar-refractivity contribution in [3.63, 3.8) is 0 Å². The molecule has 2 aromatic rings. The van der Waals surface area contributed by atoms with Crippen molar-refractivity contribution < 1.29 is 13.9 Å². The summed E-state index contributed by atoms with van der Waals surface area (Å²) in [6.07, 6.45) is 1.82. The zero-order valence-corrected chi connectivity index (χ0v) is 18.7. The highest BCUT2D eigenvalue weighted by atomic mass is 127. The summed E-state index contributed by atoms with van der Waals surface area (Å²) in [7, 11) is 0. The van der Waals surface area contributed by atoms with Crippen LogP contribution in [0.15, 0.2) is 47.5 Å². The van der Waals surface area contributed by atoms with E-state index in [9.17, 15) is 13.9 Å². The van der Waals surface area contributed by atoms with Gasteiger partial charge in [0.2, 0.25) is 0 Å². The number of nitrogens with zero attached hydrogens (tertiary/aromatic N) is 2. The van der Waals surface area contributed by atoms with E-state index in [2.05, 4.69) is 20.5 Å². The van der Waals surface area contributed by atoms with Crippen molar-refractivity contribution in [1.29, 1.82) is 0 Å². The molecule has 0 bridgehead atoms. The van der Waals surface area contributed by atoms with Crippen LogP contribution in [0, 0.1) is 11.6 Å². The Morgan fingerprint density at radius 3 is 2.59 bits per heavy atom. The largest absolute Gasteiger partial charge is 0.505 e. The van der Waals surface area contributed by atoms with E-state index in [4.69, 9.17) is 0 Å². The maximum Gasteiger partial charge on any atom is 0.191 e. The SMILES string of the molecule is CCNC(=NCc1ccc(O)c(F)c1)NC1CCN(c2cccc(F)c2)CC1.I. The quantitative estimate of drug-likeness (QED) is 0.320. The molecule has 0 atom stereocenters. The summed E-state index contributed by atoms with van der Waals surface area (Å²) in [6.45, 7) is 4.70. The third-order valence-corrected chi connectivity index (χ3v) is 4.79. The van der Waals surface area contributed by atoms with E-state index in [1.807, 2.05) is 13.0 Å². The fraction of sp³-hybridized carbons (Fsp3) is 0.381. The van der Waals surface area contributed by atoms with Gasteiger partial charge in [0.25, 0.3) is 0 Å². The summed E-state index contributed by atoms with van der Waals surface area (Å²) >= 11 is 0. The molecule has 0 aromatic heterocycles. The van der Waals surface area contributed by atoms with Crippen molar-refractivity contribution in [3.05, 3.63) is 59.7 Å². The van der Waals surface area contributed by atoms with E-state index in [1.54, 1.807) is 18.2 Å². The Hall–Kier alpha value is -2.10. The second-order valence-electron chi connectivity index (χ2n) is 6.87. The first-order valence-corrected chi connectivity index (χ1v) is 9.58. The topological polar surface area (TPSA) is 59.9 Å². The molecule has 5 nitrogen and oxygen atoms in total. The Morgan fingerprint density at radius 2 is 1.93 bits per heavy atom. The zero-order chi connectivity index (χ0) is 19.9. The number of benzene rings is 2. The molecule has 0 saturated carbocycles. The minimum absolute atomic E-state index is 0. The number of phenolic OH excluding ortho intramolecular Hbond substituents is 1. The first-order valence-electron chi connectivity index (χ1n) is 9.58. The van der Waals surface area contributed by atoms with Crippen LogP contribution in [0.2, 0.25) is 0 Å². The van der Waals surface area contributed by atoms with Crippen LogP contribution in [0.1, 0.15) is 25.3 Å². The lowest BCUT2D eigenvalue weighted by molar-refractivity contribution is 0.432. The number of anilines is 1. The number of nitrogens with one attached hydrogen (secondary N) is 2. The first-order chi connectivity index (χ1) is 13.5. The second-order valence-corrected chi connectivity index (χ2v) is 6.87. The Bertz CT molecular complexity index is 826. The number of piperidine rings is 1. The van der Waals surface area contributed by atoms with Crippen LogP contribution in [0.25, 0.3) is 0 Å². The molecule has 0 radical (unpaired) electrons. The van der Waals surface area contributed by atoms with Crippen LogP contribution in [0.4, 0.5) is 14.5 Å². The Morgan fingerprint density at radius 1 is 1.17 bits per heavy atom. The average molecular weight is 516 g/mol. The number of hydrogen-bond donors (Lipinski definition) is 3. The molecule has 8 heteroatoms. The predicted molar refractivity (Wildman–Crippen MR) is 123 cm³/mol. The number of hydrogen-bond acceptors (Lipinski definition) is 3. The van der Waals surface area contributed by atoms with Gasteiger partial charge in [0.1, 0.15) is 5.82 Å². The zero-order valence-electron chi connectivity index (χ0n) is 16.4. The van der Waals surface area contributed by atoms with Gasteiger partial charge in [-0.2, -0.15) is 0 Å². The van der Waals surface area contributed by atoms with Gasteiger partial charge in [0, 0.05) is 31.4 Å². The molecule has 1 saturated heterocycles. The lowest BCUT2D eigenvalue weighted by atomic mass is 10.0. The molecule has 0 unspecified atom stereocenters. The molecule has 3 rings (SSSR count). The Labute approximate surface area is 187 Å². The van der Waals surface area contributed by atoms with Gasteiger partial charge in [-0.05, 0) is 55.7 Å². The summed E-state index contributed by atoms with van der Waals surface area (Å²) in [5.74, 6) is -0.539. The second kappa shape index (κ2) is 11.2. The van der Waals surface area contributed by atoms with E-state index in [1.165, 1.54) is 18.2 Å². The van der Waals surface area contributed by atoms with Gasteiger partial charge in [-0.1, -0.05) is 12.1 Å². The standard InChI is InChI=1S/C21H26F2N4O.HI/c1-2-24-21(25-14-15-6-7-20(28)19(23)12-15)26-17-8-10-27(11-9-17)18-5-3-4-16(22)13-18;/h3-7,12-13,17,28H,2,8-11,14H2,1H3,(H2,24,25,26);1H. The van der Waals surface area contributed by atoms with Crippen molar-refractivity contribution in [3.8, 4) is 5.75 Å². The molecular weight excluding hydrogens is 489 g/mol. The smallest absolute Gasteiger partial charge is 0.191 e. The molecule has 1 heterocycles. The summed E-state index contributed by atoms with van der Waals surface area (Å²) in [6, 6.07) is 11.2. The van der Waals surface area contributed by atoms with Crippen molar-refractivity contribution >= 4 is 35.6 Å². The number of halogens is 3. The first kappa shape index (κ1) is 23.2. The van der Waals surface area contributed by atoms with Crippen molar-refractivity contribution in [2.24, 2.45) is 4.99 Å². The molecule has 0 spiro atoms. The maximum absolute atomic E-state index is 13.5. The molecule has 0 aliphatic carbocycles. The van der Waals surface area contributed by atoms with Gasteiger partial charge in [0.05, 0.1) is 6.54 Å². The van der Waals surface area contributed by atoms with E-state index in [0.29, 0.717) is 18.1 Å². The molecule has 1 aliphatic heterocycles. The minimum Gasteiger partial charge on any atom is -0.505 e. The predicted octanol–water partition coefficient (Wildman–Crippen LogP) is 4.01. The monoisotopic (exact) mass is 516 g/mol. The highest BCUT2D eigenvalue weighted by molar-refractivity contribution is 14.0. The normalized spacial score (nSPS) is 15.0. The fourth-order valence-corrected chi connectivity index (χ4v) is 3.29. The lowest BCUT2D eigenvalue weighted by Crippen LogP contribution is -2.48. The summed E-state index contributed by atoms with van der Waals surface area (Å²) in [5, 5.41) is 15.9. The number of phenols is 1. The summed E-state index contributed by atoms with van der Waals surface area (Å²) in [4.78, 5) is 6.71. The third-order valence-electron chi connectivity index (χ3n) is 4.79. The molecule has 1 aliphatic rings. The number of guanidine groups is 1. The molecule has 29 heavy (non-hydrogen) atoms. The summed E-state index contributed by atoms with van der Waals surface area (Å²) < 4.78 is 26.9. The van der Waals surface area contributed by atoms with Gasteiger partial charge in [0.15, 0.2) is 17.5 Å². The Kier molecular flexibility index (Phi) is 8.94. The van der Waals surface area contributed by atoms with E-state index in [0.717, 1.165) is 38.2 Å². The molecular formula is C21H27F2IN4O. The number of aromatic hydroxyl groups is 1. The average Bonchev–Trinajstić information content (AvgIpc) is 2.69. The van der Waals surface area contributed by atoms with Crippen LogP contribution >= 0.6 is 24.0 Å². The highest BCUT2D eigenvalue weighted by Crippen LogP contribution is 2.21. The van der Waals surface area contributed by atoms with Crippen LogP contribution in [-0.2, 0) is 6.54 Å². The van der Waals surface area contributed by atoms with Gasteiger partial charge in [-0.15, -0.1) is 24.0 Å². The highest BCUT2D eigenvalue weighted by Gasteiger charge is 2.20. The maximum atomic E-state index is 13.5. The van der Waals surface area contributed by atoms with Crippen LogP contribution in [-0.4, -0.2) is 36.7 Å². The van der Waals surface area contributed by atoms with Crippen LogP contribution < -0.4 is 15.5 Å². The molecule has 2 aromatic carbocycles. The lowest BCUT2D eigenvalue weighted by Gasteiger charge is -2.34. The van der Waals surface area contributed by atoms with E-state index in [-0.39, 0.29) is 41.6 Å². The summed E-state index contributed by atoms with van der Waals surface area (Å²) in [5.41, 5.74) is 1.60. The molecule has 0 amide bonds. The number of rotatable bonds is 5. The molecule has 3 N–H and O–H groups in total. The van der Waals surface area contributed by atoms with Crippen molar-refractivity contribution in [2.75, 3.05) is 24.5 Å². The van der Waals surface area contributed by atoms with Crippen LogP contribution in [0.5, 0.6) is 5.75 Å². The Balaban J connectivity index is 0.00000300. The third kappa shape index (κ3) is 6.73. The van der Waals surface area contributed by atoms with Crippen molar-refractivity contribution in [2.45, 2.75) is 32.4 Å². The van der Waals surface area contributed by atoms with Crippen molar-refractivity contribution in [1.82, 2.24) is 10.6 Å². The van der Waals surface area contributed by atoms with E-state index >= 15 is 0 Å². The fourth-order valence-electron chi connectivity index (χ4n) is 3.29. The minimum atomic E-state index is -0.643. The van der Waals surface area contributed by atoms with E-state index < -0.39 is 5.82 Å². The van der Waals surface area contributed by atoms with Gasteiger partial charge < -0.3 is 20.6 Å². The molecule has 158 valence electrons. The van der Waals surface area contributed by atoms with Gasteiger partial charge in [-0.3, -0.25) is 0 Å². The molecule has 1 fully saturated rings. The number of aliphatic imine (C=N–C) groups is 1.